The van der Waals surface area contributed by atoms with Crippen LogP contribution in [0.3, 0.4) is 0 Å². The number of unbranched alkanes of at least 4 members (excludes halogenated alkanes) is 2. The van der Waals surface area contributed by atoms with Crippen molar-refractivity contribution in [3.05, 3.63) is 52.0 Å². The van der Waals surface area contributed by atoms with Crippen LogP contribution < -0.4 is 9.64 Å². The highest BCUT2D eigenvalue weighted by Crippen LogP contribution is 2.47. The lowest BCUT2D eigenvalue weighted by Gasteiger charge is -2.27. The molecule has 2 aromatic carbocycles. The first-order valence-electron chi connectivity index (χ1n) is 8.65. The van der Waals surface area contributed by atoms with Gasteiger partial charge in [0.2, 0.25) is 0 Å². The molecule has 25 heavy (non-hydrogen) atoms. The molecule has 5 heteroatoms. The van der Waals surface area contributed by atoms with Crippen LogP contribution in [0.2, 0.25) is 0 Å². The van der Waals surface area contributed by atoms with Gasteiger partial charge in [-0.25, -0.2) is 0 Å². The monoisotopic (exact) mass is 405 g/mol. The zero-order valence-electron chi connectivity index (χ0n) is 14.6. The molecule has 3 rings (SSSR count). The van der Waals surface area contributed by atoms with Crippen molar-refractivity contribution >= 4 is 21.6 Å². The lowest BCUT2D eigenvalue weighted by Crippen LogP contribution is -2.35. The maximum atomic E-state index is 11.5. The number of β-amino-alcohol motifs (C(OH)–C–C–N with tert-alkyl or cyclic N) is 1. The fourth-order valence-corrected chi connectivity index (χ4v) is 4.06. The van der Waals surface area contributed by atoms with Gasteiger partial charge in [-0.05, 0) is 34.5 Å². The second kappa shape index (κ2) is 7.26. The van der Waals surface area contributed by atoms with Gasteiger partial charge in [0.15, 0.2) is 0 Å². The van der Waals surface area contributed by atoms with E-state index in [1.807, 2.05) is 24.3 Å². The van der Waals surface area contributed by atoms with Crippen LogP contribution in [0.5, 0.6) is 11.5 Å². The molecule has 0 fully saturated rings. The lowest BCUT2D eigenvalue weighted by atomic mass is 9.87. The first-order valence-corrected chi connectivity index (χ1v) is 9.44. The van der Waals surface area contributed by atoms with Crippen molar-refractivity contribution in [2.75, 3.05) is 25.1 Å². The quantitative estimate of drug-likeness (QED) is 0.698. The van der Waals surface area contributed by atoms with Gasteiger partial charge in [-0.2, -0.15) is 0 Å². The molecule has 0 saturated carbocycles. The number of nitrogens with zero attached hydrogens (tertiary/aromatic N) is 1. The molecule has 0 aliphatic carbocycles. The first-order chi connectivity index (χ1) is 12.0. The smallest absolute Gasteiger partial charge is 0.138 e. The number of hydrogen-bond donors (Lipinski definition) is 2. The van der Waals surface area contributed by atoms with E-state index >= 15 is 0 Å². The summed E-state index contributed by atoms with van der Waals surface area (Å²) in [7, 11) is 1.55. The number of halogens is 1. The third-order valence-corrected chi connectivity index (χ3v) is 5.48. The molecule has 134 valence electrons. The molecule has 0 spiro atoms. The minimum atomic E-state index is -1.25. The Morgan fingerprint density at radius 3 is 2.68 bits per heavy atom. The molecular weight excluding hydrogens is 382 g/mol. The molecule has 0 amide bonds. The van der Waals surface area contributed by atoms with Crippen molar-refractivity contribution in [1.29, 1.82) is 0 Å². The molecule has 1 aliphatic rings. The molecule has 2 N–H and O–H groups in total. The van der Waals surface area contributed by atoms with Crippen molar-refractivity contribution in [3.8, 4) is 11.5 Å². The van der Waals surface area contributed by atoms with E-state index < -0.39 is 5.60 Å². The number of rotatable bonds is 6. The van der Waals surface area contributed by atoms with E-state index in [0.717, 1.165) is 37.1 Å². The van der Waals surface area contributed by atoms with E-state index in [1.54, 1.807) is 19.2 Å². The maximum Gasteiger partial charge on any atom is 0.138 e. The van der Waals surface area contributed by atoms with Crippen molar-refractivity contribution in [3.63, 3.8) is 0 Å². The maximum absolute atomic E-state index is 11.5. The molecule has 0 saturated heterocycles. The Balaban J connectivity index is 2.03. The average molecular weight is 406 g/mol. The van der Waals surface area contributed by atoms with Crippen LogP contribution in [-0.2, 0) is 5.60 Å². The second-order valence-electron chi connectivity index (χ2n) is 6.51. The number of hydrogen-bond acceptors (Lipinski definition) is 4. The fourth-order valence-electron chi connectivity index (χ4n) is 3.56. The molecule has 1 atom stereocenters. The van der Waals surface area contributed by atoms with E-state index in [1.165, 1.54) is 0 Å². The molecule has 2 aromatic rings. The summed E-state index contributed by atoms with van der Waals surface area (Å²) in [4.78, 5) is 2.21. The third kappa shape index (κ3) is 3.23. The van der Waals surface area contributed by atoms with Crippen LogP contribution in [0.25, 0.3) is 0 Å². The number of methoxy groups -OCH3 is 1. The Morgan fingerprint density at radius 1 is 1.20 bits per heavy atom. The highest BCUT2D eigenvalue weighted by Gasteiger charge is 2.44. The predicted molar refractivity (Wildman–Crippen MR) is 104 cm³/mol. The van der Waals surface area contributed by atoms with Gasteiger partial charge < -0.3 is 19.8 Å². The van der Waals surface area contributed by atoms with Crippen LogP contribution >= 0.6 is 15.9 Å². The Hall–Kier alpha value is -1.72. The van der Waals surface area contributed by atoms with Crippen molar-refractivity contribution < 1.29 is 14.9 Å². The van der Waals surface area contributed by atoms with Gasteiger partial charge >= 0.3 is 0 Å². The highest BCUT2D eigenvalue weighted by molar-refractivity contribution is 9.10. The molecule has 0 aromatic heterocycles. The molecule has 0 radical (unpaired) electrons. The van der Waals surface area contributed by atoms with Crippen LogP contribution in [0, 0.1) is 0 Å². The van der Waals surface area contributed by atoms with Crippen LogP contribution in [0.4, 0.5) is 5.69 Å². The fraction of sp³-hybridized carbons (Fsp3) is 0.400. The predicted octanol–water partition coefficient (Wildman–Crippen LogP) is 4.41. The van der Waals surface area contributed by atoms with Crippen LogP contribution in [0.15, 0.2) is 40.9 Å². The van der Waals surface area contributed by atoms with E-state index in [9.17, 15) is 10.2 Å². The van der Waals surface area contributed by atoms with Gasteiger partial charge in [0, 0.05) is 29.4 Å². The molecule has 4 nitrogen and oxygen atoms in total. The van der Waals surface area contributed by atoms with E-state index in [0.29, 0.717) is 22.3 Å². The van der Waals surface area contributed by atoms with E-state index in [-0.39, 0.29) is 5.75 Å². The van der Waals surface area contributed by atoms with Crippen molar-refractivity contribution in [2.45, 2.75) is 31.8 Å². The SMILES string of the molecule is CCCCCN1CC(O)(c2cc(Br)c(OC)cc2O)c2ccccc21. The Morgan fingerprint density at radius 2 is 1.96 bits per heavy atom. The molecule has 1 heterocycles. The topological polar surface area (TPSA) is 52.9 Å². The number of aliphatic hydroxyl groups is 1. The van der Waals surface area contributed by atoms with Crippen LogP contribution in [-0.4, -0.2) is 30.4 Å². The van der Waals surface area contributed by atoms with Gasteiger partial charge in [0.25, 0.3) is 0 Å². The summed E-state index contributed by atoms with van der Waals surface area (Å²) >= 11 is 3.46. The summed E-state index contributed by atoms with van der Waals surface area (Å²) in [6, 6.07) is 11.2. The number of fused-ring (bicyclic) bond motifs is 1. The largest absolute Gasteiger partial charge is 0.507 e. The number of phenolic OH excluding ortho intramolecular Hbond substituents is 1. The van der Waals surface area contributed by atoms with Gasteiger partial charge in [0.1, 0.15) is 17.1 Å². The van der Waals surface area contributed by atoms with E-state index in [2.05, 4.69) is 27.8 Å². The second-order valence-corrected chi connectivity index (χ2v) is 7.36. The number of benzene rings is 2. The van der Waals surface area contributed by atoms with Gasteiger partial charge in [-0.3, -0.25) is 0 Å². The minimum absolute atomic E-state index is 0.0350. The normalized spacial score (nSPS) is 19.1. The summed E-state index contributed by atoms with van der Waals surface area (Å²) in [5.41, 5.74) is 1.11. The Labute approximate surface area is 157 Å². The zero-order valence-corrected chi connectivity index (χ0v) is 16.2. The summed E-state index contributed by atoms with van der Waals surface area (Å²) in [5.74, 6) is 0.573. The summed E-state index contributed by atoms with van der Waals surface area (Å²) in [6.45, 7) is 3.51. The van der Waals surface area contributed by atoms with Gasteiger partial charge in [-0.1, -0.05) is 38.0 Å². The summed E-state index contributed by atoms with van der Waals surface area (Å²) < 4.78 is 5.94. The van der Waals surface area contributed by atoms with Crippen molar-refractivity contribution in [2.24, 2.45) is 0 Å². The van der Waals surface area contributed by atoms with Crippen molar-refractivity contribution in [1.82, 2.24) is 0 Å². The lowest BCUT2D eigenvalue weighted by molar-refractivity contribution is 0.0948. The minimum Gasteiger partial charge on any atom is -0.507 e. The third-order valence-electron chi connectivity index (χ3n) is 4.86. The molecule has 1 unspecified atom stereocenters. The number of aromatic hydroxyl groups is 1. The highest BCUT2D eigenvalue weighted by atomic mass is 79.9. The Kier molecular flexibility index (Phi) is 5.25. The summed E-state index contributed by atoms with van der Waals surface area (Å²) in [6.07, 6.45) is 3.40. The van der Waals surface area contributed by atoms with Gasteiger partial charge in [-0.15, -0.1) is 0 Å². The first kappa shape index (κ1) is 18.1. The number of phenols is 1. The number of anilines is 1. The summed E-state index contributed by atoms with van der Waals surface area (Å²) in [5, 5.41) is 22.1. The molecule has 0 bridgehead atoms. The molecular formula is C20H24BrNO3. The number of para-hydroxylation sites is 1. The Bertz CT molecular complexity index is 765. The molecule has 1 aliphatic heterocycles. The average Bonchev–Trinajstić information content (AvgIpc) is 2.90. The zero-order chi connectivity index (χ0) is 18.0. The van der Waals surface area contributed by atoms with E-state index in [4.69, 9.17) is 4.74 Å². The standard InChI is InChI=1S/C20H24BrNO3/c1-3-4-7-10-22-13-20(24,14-8-5-6-9-17(14)22)15-11-16(21)19(25-2)12-18(15)23/h5-6,8-9,11-12,23-24H,3-4,7,10,13H2,1-2H3. The number of ether oxygens (including phenoxy) is 1. The van der Waals surface area contributed by atoms with Gasteiger partial charge in [0.05, 0.1) is 18.1 Å². The van der Waals surface area contributed by atoms with Crippen LogP contribution in [0.1, 0.15) is 37.3 Å².